The highest BCUT2D eigenvalue weighted by molar-refractivity contribution is 5.34. The number of methoxy groups -OCH3 is 1. The Hall–Kier alpha value is -1.81. The molecule has 2 rings (SSSR count). The smallest absolute Gasteiger partial charge is 0.119 e. The Bertz CT molecular complexity index is 520. The quantitative estimate of drug-likeness (QED) is 0.901. The Kier molecular flexibility index (Phi) is 3.67. The van der Waals surface area contributed by atoms with Crippen molar-refractivity contribution in [3.8, 4) is 5.75 Å². The zero-order valence-electron chi connectivity index (χ0n) is 10.9. The molecule has 4 nitrogen and oxygen atoms in total. The first-order valence-electron chi connectivity index (χ1n) is 5.98. The van der Waals surface area contributed by atoms with E-state index in [1.54, 1.807) is 13.3 Å². The first-order chi connectivity index (χ1) is 8.61. The lowest BCUT2D eigenvalue weighted by atomic mass is 10.0. The van der Waals surface area contributed by atoms with Crippen molar-refractivity contribution in [1.82, 2.24) is 9.78 Å². The maximum atomic E-state index is 10.3. The fourth-order valence-corrected chi connectivity index (χ4v) is 1.78. The van der Waals surface area contributed by atoms with Crippen molar-refractivity contribution < 1.29 is 9.84 Å². The van der Waals surface area contributed by atoms with Gasteiger partial charge in [-0.2, -0.15) is 5.10 Å². The van der Waals surface area contributed by atoms with E-state index in [1.807, 2.05) is 35.1 Å². The van der Waals surface area contributed by atoms with Crippen LogP contribution in [0.25, 0.3) is 0 Å². The summed E-state index contributed by atoms with van der Waals surface area (Å²) in [6.07, 6.45) is 2.89. The van der Waals surface area contributed by atoms with Crippen LogP contribution in [-0.4, -0.2) is 22.0 Å². The van der Waals surface area contributed by atoms with Crippen molar-refractivity contribution in [3.05, 3.63) is 47.8 Å². The molecule has 4 heteroatoms. The Balaban J connectivity index is 2.26. The first kappa shape index (κ1) is 12.6. The molecule has 0 saturated heterocycles. The number of aliphatic hydroxyl groups is 1. The molecule has 0 aliphatic heterocycles. The van der Waals surface area contributed by atoms with Gasteiger partial charge in [-0.3, -0.25) is 4.68 Å². The predicted octanol–water partition coefficient (Wildman–Crippen LogP) is 2.55. The Morgan fingerprint density at radius 1 is 1.28 bits per heavy atom. The first-order valence-corrected chi connectivity index (χ1v) is 5.98. The maximum Gasteiger partial charge on any atom is 0.119 e. The van der Waals surface area contributed by atoms with Crippen LogP contribution in [0.4, 0.5) is 0 Å². The van der Waals surface area contributed by atoms with Crippen molar-refractivity contribution in [2.45, 2.75) is 26.0 Å². The fourth-order valence-electron chi connectivity index (χ4n) is 1.78. The molecule has 96 valence electrons. The van der Waals surface area contributed by atoms with E-state index in [9.17, 15) is 5.11 Å². The van der Waals surface area contributed by atoms with E-state index in [-0.39, 0.29) is 6.04 Å². The number of benzene rings is 1. The maximum absolute atomic E-state index is 10.3. The summed E-state index contributed by atoms with van der Waals surface area (Å²) in [5.74, 6) is 0.739. The zero-order chi connectivity index (χ0) is 13.1. The van der Waals surface area contributed by atoms with Crippen molar-refractivity contribution >= 4 is 0 Å². The van der Waals surface area contributed by atoms with Crippen LogP contribution in [0.15, 0.2) is 36.7 Å². The van der Waals surface area contributed by atoms with Crippen molar-refractivity contribution in [1.29, 1.82) is 0 Å². The lowest BCUT2D eigenvalue weighted by molar-refractivity contribution is 0.219. The van der Waals surface area contributed by atoms with Crippen molar-refractivity contribution in [2.75, 3.05) is 7.11 Å². The number of hydrogen-bond acceptors (Lipinski definition) is 3. The average Bonchev–Trinajstić information content (AvgIpc) is 2.87. The number of aliphatic hydroxyl groups excluding tert-OH is 1. The van der Waals surface area contributed by atoms with Gasteiger partial charge in [-0.15, -0.1) is 0 Å². The summed E-state index contributed by atoms with van der Waals surface area (Å²) in [5.41, 5.74) is 1.59. The zero-order valence-corrected chi connectivity index (χ0v) is 10.9. The van der Waals surface area contributed by atoms with Crippen LogP contribution in [0.1, 0.15) is 37.1 Å². The van der Waals surface area contributed by atoms with Gasteiger partial charge in [-0.25, -0.2) is 0 Å². The molecule has 0 fully saturated rings. The van der Waals surface area contributed by atoms with Crippen molar-refractivity contribution in [2.24, 2.45) is 0 Å². The van der Waals surface area contributed by atoms with E-state index in [1.165, 1.54) is 0 Å². The summed E-state index contributed by atoms with van der Waals surface area (Å²) in [5, 5.41) is 14.5. The summed E-state index contributed by atoms with van der Waals surface area (Å²) >= 11 is 0. The number of nitrogens with zero attached hydrogens (tertiary/aromatic N) is 2. The summed E-state index contributed by atoms with van der Waals surface area (Å²) in [6, 6.07) is 7.71. The Morgan fingerprint density at radius 2 is 2.06 bits per heavy atom. The Morgan fingerprint density at radius 3 is 2.67 bits per heavy atom. The number of aromatic nitrogens is 2. The van der Waals surface area contributed by atoms with Crippen LogP contribution in [0.3, 0.4) is 0 Å². The van der Waals surface area contributed by atoms with Gasteiger partial charge in [0.05, 0.1) is 13.3 Å². The molecule has 2 aromatic rings. The van der Waals surface area contributed by atoms with Gasteiger partial charge < -0.3 is 9.84 Å². The monoisotopic (exact) mass is 246 g/mol. The van der Waals surface area contributed by atoms with E-state index in [0.29, 0.717) is 0 Å². The molecular weight excluding hydrogens is 228 g/mol. The largest absolute Gasteiger partial charge is 0.497 e. The van der Waals surface area contributed by atoms with Gasteiger partial charge in [0.2, 0.25) is 0 Å². The molecular formula is C14H18N2O2. The lowest BCUT2D eigenvalue weighted by Crippen LogP contribution is -2.01. The van der Waals surface area contributed by atoms with Gasteiger partial charge in [-0.1, -0.05) is 12.1 Å². The highest BCUT2D eigenvalue weighted by Crippen LogP contribution is 2.25. The molecule has 0 saturated carbocycles. The number of hydrogen-bond donors (Lipinski definition) is 1. The van der Waals surface area contributed by atoms with Crippen LogP contribution < -0.4 is 4.74 Å². The summed E-state index contributed by atoms with van der Waals surface area (Å²) in [4.78, 5) is 0. The van der Waals surface area contributed by atoms with E-state index >= 15 is 0 Å². The molecule has 0 amide bonds. The third kappa shape index (κ3) is 2.54. The normalized spacial score (nSPS) is 12.7. The van der Waals surface area contributed by atoms with E-state index < -0.39 is 6.10 Å². The molecule has 1 unspecified atom stereocenters. The topological polar surface area (TPSA) is 47.3 Å². The second-order valence-electron chi connectivity index (χ2n) is 4.53. The molecule has 1 N–H and O–H groups in total. The van der Waals surface area contributed by atoms with Gasteiger partial charge in [0, 0.05) is 17.8 Å². The van der Waals surface area contributed by atoms with Crippen LogP contribution in [0.5, 0.6) is 5.75 Å². The molecule has 1 aromatic carbocycles. The van der Waals surface area contributed by atoms with E-state index in [4.69, 9.17) is 4.74 Å². The van der Waals surface area contributed by atoms with Gasteiger partial charge >= 0.3 is 0 Å². The van der Waals surface area contributed by atoms with Gasteiger partial charge in [-0.05, 0) is 31.5 Å². The van der Waals surface area contributed by atoms with Gasteiger partial charge in [0.1, 0.15) is 11.9 Å². The fraction of sp³-hybridized carbons (Fsp3) is 0.357. The van der Waals surface area contributed by atoms with Crippen molar-refractivity contribution in [3.63, 3.8) is 0 Å². The highest BCUT2D eigenvalue weighted by atomic mass is 16.5. The van der Waals surface area contributed by atoms with Gasteiger partial charge in [0.25, 0.3) is 0 Å². The standard InChI is InChI=1S/C14H18N2O2/c1-10(2)16-9-12(8-15-16)14(17)11-5-4-6-13(7-11)18-3/h4-10,14,17H,1-3H3. The number of rotatable bonds is 4. The predicted molar refractivity (Wildman–Crippen MR) is 69.7 cm³/mol. The molecule has 0 radical (unpaired) electrons. The second kappa shape index (κ2) is 5.23. The Labute approximate surface area is 107 Å². The lowest BCUT2D eigenvalue weighted by Gasteiger charge is -2.10. The SMILES string of the molecule is COc1cccc(C(O)c2cnn(C(C)C)c2)c1. The van der Waals surface area contributed by atoms with Crippen LogP contribution in [0.2, 0.25) is 0 Å². The minimum absolute atomic E-state index is 0.288. The van der Waals surface area contributed by atoms with E-state index in [2.05, 4.69) is 18.9 Å². The van der Waals surface area contributed by atoms with Crippen LogP contribution >= 0.6 is 0 Å². The minimum atomic E-state index is -0.674. The van der Waals surface area contributed by atoms with Gasteiger partial charge in [0.15, 0.2) is 0 Å². The molecule has 1 heterocycles. The molecule has 1 aromatic heterocycles. The van der Waals surface area contributed by atoms with Crippen LogP contribution in [0, 0.1) is 0 Å². The average molecular weight is 246 g/mol. The second-order valence-corrected chi connectivity index (χ2v) is 4.53. The summed E-state index contributed by atoms with van der Waals surface area (Å²) < 4.78 is 6.98. The van der Waals surface area contributed by atoms with E-state index in [0.717, 1.165) is 16.9 Å². The molecule has 0 bridgehead atoms. The molecule has 0 spiro atoms. The summed E-state index contributed by atoms with van der Waals surface area (Å²) in [6.45, 7) is 4.10. The van der Waals surface area contributed by atoms with Crippen LogP contribution in [-0.2, 0) is 0 Å². The molecule has 0 aliphatic rings. The third-order valence-corrected chi connectivity index (χ3v) is 2.88. The molecule has 18 heavy (non-hydrogen) atoms. The number of ether oxygens (including phenoxy) is 1. The molecule has 0 aliphatic carbocycles. The third-order valence-electron chi connectivity index (χ3n) is 2.88. The molecule has 1 atom stereocenters. The summed E-state index contributed by atoms with van der Waals surface area (Å²) in [7, 11) is 1.61. The minimum Gasteiger partial charge on any atom is -0.497 e. The highest BCUT2D eigenvalue weighted by Gasteiger charge is 2.14.